The van der Waals surface area contributed by atoms with Gasteiger partial charge in [-0.1, -0.05) is 19.4 Å². The van der Waals surface area contributed by atoms with Gasteiger partial charge in [0.05, 0.1) is 5.41 Å². The number of rotatable bonds is 6. The number of aromatic nitrogens is 1. The summed E-state index contributed by atoms with van der Waals surface area (Å²) in [6.07, 6.45) is 9.02. The van der Waals surface area contributed by atoms with Crippen molar-refractivity contribution in [3.8, 4) is 0 Å². The molecule has 0 aromatic carbocycles. The molecule has 3 rings (SSSR count). The highest BCUT2D eigenvalue weighted by Gasteiger charge is 2.46. The Morgan fingerprint density at radius 2 is 2.38 bits per heavy atom. The van der Waals surface area contributed by atoms with E-state index in [4.69, 9.17) is 0 Å². The molecule has 2 heterocycles. The van der Waals surface area contributed by atoms with Crippen LogP contribution in [0.4, 0.5) is 0 Å². The maximum atomic E-state index is 13.2. The van der Waals surface area contributed by atoms with Gasteiger partial charge < -0.3 is 10.2 Å². The van der Waals surface area contributed by atoms with Gasteiger partial charge in [-0.25, -0.2) is 0 Å². The number of amides is 1. The van der Waals surface area contributed by atoms with Crippen molar-refractivity contribution in [2.75, 3.05) is 13.1 Å². The quantitative estimate of drug-likeness (QED) is 0.873. The topological polar surface area (TPSA) is 45.2 Å². The average Bonchev–Trinajstić information content (AvgIpc) is 3.24. The van der Waals surface area contributed by atoms with E-state index < -0.39 is 0 Å². The molecule has 1 saturated heterocycles. The summed E-state index contributed by atoms with van der Waals surface area (Å²) in [5.74, 6) is 0.362. The molecule has 1 aromatic rings. The van der Waals surface area contributed by atoms with E-state index in [0.29, 0.717) is 18.5 Å². The minimum atomic E-state index is -0.167. The number of nitrogens with zero attached hydrogens (tertiary/aromatic N) is 2. The predicted molar refractivity (Wildman–Crippen MR) is 82.6 cm³/mol. The molecule has 21 heavy (non-hydrogen) atoms. The molecule has 114 valence electrons. The van der Waals surface area contributed by atoms with Crippen molar-refractivity contribution in [1.29, 1.82) is 0 Å². The zero-order valence-electron chi connectivity index (χ0n) is 12.8. The largest absolute Gasteiger partial charge is 0.335 e. The third kappa shape index (κ3) is 3.10. The molecule has 1 atom stereocenters. The number of carbonyl (C=O) groups excluding carboxylic acids is 1. The summed E-state index contributed by atoms with van der Waals surface area (Å²) in [4.78, 5) is 19.5. The van der Waals surface area contributed by atoms with Crippen molar-refractivity contribution in [2.45, 2.75) is 51.6 Å². The van der Waals surface area contributed by atoms with E-state index in [2.05, 4.69) is 28.2 Å². The Hall–Kier alpha value is -1.42. The minimum absolute atomic E-state index is 0.167. The number of hydrogen-bond donors (Lipinski definition) is 1. The third-order valence-electron chi connectivity index (χ3n) is 4.75. The second-order valence-electron chi connectivity index (χ2n) is 6.48. The highest BCUT2D eigenvalue weighted by atomic mass is 16.2. The van der Waals surface area contributed by atoms with Crippen molar-refractivity contribution in [3.63, 3.8) is 0 Å². The third-order valence-corrected chi connectivity index (χ3v) is 4.75. The number of carbonyl (C=O) groups is 1. The van der Waals surface area contributed by atoms with Crippen LogP contribution in [0.1, 0.15) is 44.6 Å². The van der Waals surface area contributed by atoms with Gasteiger partial charge in [-0.15, -0.1) is 0 Å². The molecule has 1 unspecified atom stereocenters. The lowest BCUT2D eigenvalue weighted by molar-refractivity contribution is -0.143. The molecule has 0 bridgehead atoms. The molecule has 2 fully saturated rings. The Kier molecular flexibility index (Phi) is 4.24. The fraction of sp³-hybridized carbons (Fsp3) is 0.647. The van der Waals surface area contributed by atoms with Crippen LogP contribution in [0.5, 0.6) is 0 Å². The van der Waals surface area contributed by atoms with E-state index in [9.17, 15) is 4.79 Å². The Balaban J connectivity index is 1.78. The van der Waals surface area contributed by atoms with Crippen LogP contribution in [-0.2, 0) is 11.3 Å². The first-order valence-electron chi connectivity index (χ1n) is 8.16. The molecule has 1 amide bonds. The number of pyridine rings is 1. The van der Waals surface area contributed by atoms with Crippen LogP contribution in [0.2, 0.25) is 0 Å². The van der Waals surface area contributed by atoms with Crippen molar-refractivity contribution in [3.05, 3.63) is 30.1 Å². The van der Waals surface area contributed by atoms with Crippen LogP contribution in [-0.4, -0.2) is 34.9 Å². The molecule has 1 aliphatic heterocycles. The van der Waals surface area contributed by atoms with Gasteiger partial charge in [0.2, 0.25) is 5.91 Å². The highest BCUT2D eigenvalue weighted by molar-refractivity contribution is 5.84. The lowest BCUT2D eigenvalue weighted by atomic mass is 9.81. The molecule has 0 radical (unpaired) electrons. The first-order valence-corrected chi connectivity index (χ1v) is 8.16. The fourth-order valence-corrected chi connectivity index (χ4v) is 3.47. The van der Waals surface area contributed by atoms with E-state index in [0.717, 1.165) is 50.8 Å². The first-order chi connectivity index (χ1) is 10.2. The SMILES string of the molecule is CCCC1(C(=O)N(Cc2cccnc2)C2CC2)CCNC1. The standard InChI is InChI=1S/C17H25N3O/c1-2-7-17(8-10-19-13-17)16(21)20(15-5-6-15)12-14-4-3-9-18-11-14/h3-4,9,11,15,19H,2,5-8,10,12-13H2,1H3. The lowest BCUT2D eigenvalue weighted by Gasteiger charge is -2.34. The summed E-state index contributed by atoms with van der Waals surface area (Å²) in [6, 6.07) is 4.46. The van der Waals surface area contributed by atoms with Crippen LogP contribution >= 0.6 is 0 Å². The molecule has 0 spiro atoms. The first kappa shape index (κ1) is 14.5. The molecule has 1 aromatic heterocycles. The number of nitrogens with one attached hydrogen (secondary N) is 1. The normalized spacial score (nSPS) is 25.0. The molecule has 1 N–H and O–H groups in total. The summed E-state index contributed by atoms with van der Waals surface area (Å²) in [5.41, 5.74) is 0.967. The zero-order chi connectivity index (χ0) is 14.7. The van der Waals surface area contributed by atoms with Crippen LogP contribution in [0.15, 0.2) is 24.5 Å². The Morgan fingerprint density at radius 3 is 2.95 bits per heavy atom. The molecule has 4 heteroatoms. The van der Waals surface area contributed by atoms with Gasteiger partial charge in [0.15, 0.2) is 0 Å². The van der Waals surface area contributed by atoms with E-state index in [1.54, 1.807) is 6.20 Å². The molecule has 4 nitrogen and oxygen atoms in total. The molecule has 2 aliphatic rings. The Morgan fingerprint density at radius 1 is 1.52 bits per heavy atom. The summed E-state index contributed by atoms with van der Waals surface area (Å²) in [7, 11) is 0. The van der Waals surface area contributed by atoms with E-state index in [-0.39, 0.29) is 5.41 Å². The fourth-order valence-electron chi connectivity index (χ4n) is 3.47. The lowest BCUT2D eigenvalue weighted by Crippen LogP contribution is -2.46. The predicted octanol–water partition coefficient (Wildman–Crippen LogP) is 2.35. The Bertz CT molecular complexity index is 478. The van der Waals surface area contributed by atoms with E-state index >= 15 is 0 Å². The summed E-state index contributed by atoms with van der Waals surface area (Å²) < 4.78 is 0. The Labute approximate surface area is 126 Å². The van der Waals surface area contributed by atoms with Crippen LogP contribution in [0.25, 0.3) is 0 Å². The molecule has 1 saturated carbocycles. The molecular formula is C17H25N3O. The van der Waals surface area contributed by atoms with Crippen LogP contribution < -0.4 is 5.32 Å². The van der Waals surface area contributed by atoms with Crippen molar-refractivity contribution in [2.24, 2.45) is 5.41 Å². The van der Waals surface area contributed by atoms with Gasteiger partial charge >= 0.3 is 0 Å². The van der Waals surface area contributed by atoms with Gasteiger partial charge in [0.25, 0.3) is 0 Å². The summed E-state index contributed by atoms with van der Waals surface area (Å²) in [5, 5.41) is 3.40. The van der Waals surface area contributed by atoms with Gasteiger partial charge in [0.1, 0.15) is 0 Å². The smallest absolute Gasteiger partial charge is 0.230 e. The van der Waals surface area contributed by atoms with Crippen molar-refractivity contribution >= 4 is 5.91 Å². The highest BCUT2D eigenvalue weighted by Crippen LogP contribution is 2.38. The monoisotopic (exact) mass is 287 g/mol. The second kappa shape index (κ2) is 6.14. The van der Waals surface area contributed by atoms with E-state index in [1.165, 1.54) is 0 Å². The average molecular weight is 287 g/mol. The van der Waals surface area contributed by atoms with Crippen LogP contribution in [0.3, 0.4) is 0 Å². The summed E-state index contributed by atoms with van der Waals surface area (Å²) in [6.45, 7) is 4.70. The summed E-state index contributed by atoms with van der Waals surface area (Å²) >= 11 is 0. The van der Waals surface area contributed by atoms with E-state index in [1.807, 2.05) is 12.3 Å². The molecule has 1 aliphatic carbocycles. The number of hydrogen-bond acceptors (Lipinski definition) is 3. The van der Waals surface area contributed by atoms with Crippen molar-refractivity contribution < 1.29 is 4.79 Å². The maximum absolute atomic E-state index is 13.2. The molecular weight excluding hydrogens is 262 g/mol. The minimum Gasteiger partial charge on any atom is -0.335 e. The van der Waals surface area contributed by atoms with Crippen LogP contribution in [0, 0.1) is 5.41 Å². The van der Waals surface area contributed by atoms with Gasteiger partial charge in [0, 0.05) is 31.5 Å². The van der Waals surface area contributed by atoms with Gasteiger partial charge in [-0.3, -0.25) is 9.78 Å². The van der Waals surface area contributed by atoms with Crippen molar-refractivity contribution in [1.82, 2.24) is 15.2 Å². The second-order valence-corrected chi connectivity index (χ2v) is 6.48. The van der Waals surface area contributed by atoms with Gasteiger partial charge in [-0.2, -0.15) is 0 Å². The zero-order valence-corrected chi connectivity index (χ0v) is 12.8. The van der Waals surface area contributed by atoms with Gasteiger partial charge in [-0.05, 0) is 43.9 Å². The maximum Gasteiger partial charge on any atom is 0.230 e.